The molecule has 2 aliphatic rings. The molecule has 1 heterocycles. The van der Waals surface area contributed by atoms with Gasteiger partial charge in [-0.05, 0) is 31.6 Å². The van der Waals surface area contributed by atoms with Crippen molar-refractivity contribution in [1.29, 1.82) is 0 Å². The van der Waals surface area contributed by atoms with Gasteiger partial charge in [0.25, 0.3) is 0 Å². The highest BCUT2D eigenvalue weighted by molar-refractivity contribution is 5.85. The normalized spacial score (nSPS) is 20.6. The van der Waals surface area contributed by atoms with Crippen LogP contribution in [0.25, 0.3) is 0 Å². The first kappa shape index (κ1) is 16.8. The van der Waals surface area contributed by atoms with E-state index in [1.165, 1.54) is 19.3 Å². The summed E-state index contributed by atoms with van der Waals surface area (Å²) >= 11 is 0. The van der Waals surface area contributed by atoms with Crippen LogP contribution in [0.5, 0.6) is 0 Å². The summed E-state index contributed by atoms with van der Waals surface area (Å²) < 4.78 is 0. The molecule has 0 aromatic carbocycles. The fraction of sp³-hybridized carbons (Fsp3) is 0.812. The number of carbonyl (C=O) groups excluding carboxylic acids is 3. The lowest BCUT2D eigenvalue weighted by atomic mass is 9.87. The highest BCUT2D eigenvalue weighted by atomic mass is 16.2. The third-order valence-corrected chi connectivity index (χ3v) is 4.89. The van der Waals surface area contributed by atoms with Crippen molar-refractivity contribution < 1.29 is 14.4 Å². The number of hydrogen-bond donors (Lipinski definition) is 2. The molecule has 0 spiro atoms. The fourth-order valence-corrected chi connectivity index (χ4v) is 3.43. The van der Waals surface area contributed by atoms with Gasteiger partial charge in [0.05, 0.1) is 6.54 Å². The summed E-state index contributed by atoms with van der Waals surface area (Å²) in [6.07, 6.45) is 7.74. The molecule has 0 radical (unpaired) electrons. The molecule has 3 N–H and O–H groups in total. The minimum absolute atomic E-state index is 0.0210. The van der Waals surface area contributed by atoms with Gasteiger partial charge in [0.15, 0.2) is 0 Å². The summed E-state index contributed by atoms with van der Waals surface area (Å²) in [6.45, 7) is 1.16. The first-order chi connectivity index (χ1) is 10.6. The Labute approximate surface area is 131 Å². The Balaban J connectivity index is 1.65. The molecule has 6 heteroatoms. The van der Waals surface area contributed by atoms with E-state index in [-0.39, 0.29) is 30.2 Å². The van der Waals surface area contributed by atoms with Gasteiger partial charge in [-0.15, -0.1) is 0 Å². The van der Waals surface area contributed by atoms with Crippen LogP contribution in [0, 0.1) is 11.8 Å². The third kappa shape index (κ3) is 5.00. The van der Waals surface area contributed by atoms with Gasteiger partial charge in [0.2, 0.25) is 17.7 Å². The van der Waals surface area contributed by atoms with Crippen molar-refractivity contribution in [1.82, 2.24) is 10.2 Å². The minimum atomic E-state index is -0.284. The maximum Gasteiger partial charge on any atom is 0.241 e. The molecule has 2 fully saturated rings. The number of amides is 3. The first-order valence-corrected chi connectivity index (χ1v) is 8.40. The quantitative estimate of drug-likeness (QED) is 0.786. The smallest absolute Gasteiger partial charge is 0.241 e. The third-order valence-electron chi connectivity index (χ3n) is 4.89. The Bertz CT molecular complexity index is 411. The molecule has 124 valence electrons. The van der Waals surface area contributed by atoms with Gasteiger partial charge < -0.3 is 16.0 Å². The Morgan fingerprint density at radius 1 is 1.00 bits per heavy atom. The van der Waals surface area contributed by atoms with Crippen molar-refractivity contribution >= 4 is 17.7 Å². The van der Waals surface area contributed by atoms with E-state index in [1.807, 2.05) is 0 Å². The van der Waals surface area contributed by atoms with Crippen LogP contribution < -0.4 is 11.1 Å². The van der Waals surface area contributed by atoms with E-state index in [2.05, 4.69) is 5.32 Å². The van der Waals surface area contributed by atoms with E-state index in [1.54, 1.807) is 4.90 Å². The SMILES string of the molecule is NC(=O)C1CCN(C(=O)CNC(=O)CC2CCCCC2)CC1. The Hall–Kier alpha value is -1.59. The number of nitrogens with one attached hydrogen (secondary N) is 1. The van der Waals surface area contributed by atoms with Crippen molar-refractivity contribution in [3.05, 3.63) is 0 Å². The average Bonchev–Trinajstić information content (AvgIpc) is 2.53. The number of rotatable bonds is 5. The van der Waals surface area contributed by atoms with Crippen molar-refractivity contribution in [3.63, 3.8) is 0 Å². The van der Waals surface area contributed by atoms with Crippen LogP contribution in [-0.2, 0) is 14.4 Å². The molecule has 0 aromatic heterocycles. The van der Waals surface area contributed by atoms with E-state index in [0.717, 1.165) is 12.8 Å². The van der Waals surface area contributed by atoms with E-state index in [0.29, 0.717) is 38.3 Å². The molecular weight excluding hydrogens is 282 g/mol. The van der Waals surface area contributed by atoms with Crippen molar-refractivity contribution in [2.45, 2.75) is 51.4 Å². The highest BCUT2D eigenvalue weighted by Crippen LogP contribution is 2.26. The molecule has 0 bridgehead atoms. The van der Waals surface area contributed by atoms with Crippen molar-refractivity contribution in [2.24, 2.45) is 17.6 Å². The lowest BCUT2D eigenvalue weighted by molar-refractivity contribution is -0.135. The van der Waals surface area contributed by atoms with E-state index in [9.17, 15) is 14.4 Å². The van der Waals surface area contributed by atoms with Gasteiger partial charge in [-0.2, -0.15) is 0 Å². The van der Waals surface area contributed by atoms with Gasteiger partial charge in [-0.1, -0.05) is 19.3 Å². The van der Waals surface area contributed by atoms with Gasteiger partial charge in [-0.3, -0.25) is 14.4 Å². The second kappa shape index (κ2) is 8.15. The zero-order valence-corrected chi connectivity index (χ0v) is 13.2. The van der Waals surface area contributed by atoms with Crippen LogP contribution >= 0.6 is 0 Å². The van der Waals surface area contributed by atoms with Gasteiger partial charge in [-0.25, -0.2) is 0 Å². The number of carbonyl (C=O) groups is 3. The number of piperidine rings is 1. The molecule has 2 rings (SSSR count). The molecule has 1 saturated carbocycles. The average molecular weight is 309 g/mol. The van der Waals surface area contributed by atoms with E-state index in [4.69, 9.17) is 5.73 Å². The minimum Gasteiger partial charge on any atom is -0.369 e. The fourth-order valence-electron chi connectivity index (χ4n) is 3.43. The molecule has 22 heavy (non-hydrogen) atoms. The lowest BCUT2D eigenvalue weighted by Gasteiger charge is -2.30. The summed E-state index contributed by atoms with van der Waals surface area (Å²) in [6, 6.07) is 0. The topological polar surface area (TPSA) is 92.5 Å². The summed E-state index contributed by atoms with van der Waals surface area (Å²) in [5, 5.41) is 2.74. The maximum absolute atomic E-state index is 12.1. The lowest BCUT2D eigenvalue weighted by Crippen LogP contribution is -2.46. The highest BCUT2D eigenvalue weighted by Gasteiger charge is 2.26. The van der Waals surface area contributed by atoms with Gasteiger partial charge in [0, 0.05) is 25.4 Å². The molecular formula is C16H27N3O3. The second-order valence-corrected chi connectivity index (χ2v) is 6.54. The molecule has 1 aliphatic heterocycles. The number of nitrogens with zero attached hydrogens (tertiary/aromatic N) is 1. The van der Waals surface area contributed by atoms with Crippen LogP contribution in [0.1, 0.15) is 51.4 Å². The first-order valence-electron chi connectivity index (χ1n) is 8.40. The molecule has 0 aromatic rings. The number of primary amides is 1. The van der Waals surface area contributed by atoms with Crippen molar-refractivity contribution in [2.75, 3.05) is 19.6 Å². The Kier molecular flexibility index (Phi) is 6.21. The summed E-state index contributed by atoms with van der Waals surface area (Å²) in [4.78, 5) is 36.8. The van der Waals surface area contributed by atoms with Crippen LogP contribution in [0.4, 0.5) is 0 Å². The van der Waals surface area contributed by atoms with Crippen LogP contribution in [0.3, 0.4) is 0 Å². The molecule has 0 atom stereocenters. The zero-order valence-electron chi connectivity index (χ0n) is 13.2. The second-order valence-electron chi connectivity index (χ2n) is 6.54. The van der Waals surface area contributed by atoms with Gasteiger partial charge >= 0.3 is 0 Å². The standard InChI is InChI=1S/C16H27N3O3/c17-16(22)13-6-8-19(9-7-13)15(21)11-18-14(20)10-12-4-2-1-3-5-12/h12-13H,1-11H2,(H2,17,22)(H,18,20). The predicted molar refractivity (Wildman–Crippen MR) is 82.7 cm³/mol. The van der Waals surface area contributed by atoms with E-state index < -0.39 is 0 Å². The largest absolute Gasteiger partial charge is 0.369 e. The maximum atomic E-state index is 12.1. The Morgan fingerprint density at radius 2 is 1.64 bits per heavy atom. The molecule has 1 aliphatic carbocycles. The summed E-state index contributed by atoms with van der Waals surface area (Å²) in [5.74, 6) is -0.0137. The molecule has 0 unspecified atom stereocenters. The summed E-state index contributed by atoms with van der Waals surface area (Å²) in [7, 11) is 0. The molecule has 6 nitrogen and oxygen atoms in total. The van der Waals surface area contributed by atoms with E-state index >= 15 is 0 Å². The number of likely N-dealkylation sites (tertiary alicyclic amines) is 1. The summed E-state index contributed by atoms with van der Waals surface area (Å²) in [5.41, 5.74) is 5.28. The Morgan fingerprint density at radius 3 is 2.23 bits per heavy atom. The number of nitrogens with two attached hydrogens (primary N) is 1. The van der Waals surface area contributed by atoms with Crippen LogP contribution in [0.2, 0.25) is 0 Å². The van der Waals surface area contributed by atoms with Gasteiger partial charge in [0.1, 0.15) is 0 Å². The zero-order chi connectivity index (χ0) is 15.9. The van der Waals surface area contributed by atoms with Crippen LogP contribution in [-0.4, -0.2) is 42.3 Å². The number of hydrogen-bond acceptors (Lipinski definition) is 3. The molecule has 3 amide bonds. The predicted octanol–water partition coefficient (Wildman–Crippen LogP) is 0.797. The monoisotopic (exact) mass is 309 g/mol. The molecule has 1 saturated heterocycles. The van der Waals surface area contributed by atoms with Crippen molar-refractivity contribution in [3.8, 4) is 0 Å². The van der Waals surface area contributed by atoms with Crippen LogP contribution in [0.15, 0.2) is 0 Å².